The Hall–Kier alpha value is -7.20. The summed E-state index contributed by atoms with van der Waals surface area (Å²) in [6.07, 6.45) is -3.65. The van der Waals surface area contributed by atoms with Crippen LogP contribution in [0.25, 0.3) is 21.8 Å². The molecule has 1 N–H and O–H groups in total. The SMILES string of the molecule is COCOc1c2c(c(OCP(C)(=O)OC)c3cccnc13)C(=O)N(Cc1ccc(F)cc1)C2=O.COP(=O)(COc1c2c(c(O)c3ncccc13)C(=O)N(Cc1ccc(F)cc1)C2=O)OC.O=CC(F)(F)F. The van der Waals surface area contributed by atoms with Crippen molar-refractivity contribution < 1.29 is 92.7 Å². The van der Waals surface area contributed by atoms with Crippen LogP contribution >= 0.6 is 15.0 Å². The van der Waals surface area contributed by atoms with Crippen LogP contribution in [0.3, 0.4) is 0 Å². The molecule has 4 heterocycles. The summed E-state index contributed by atoms with van der Waals surface area (Å²) in [4.78, 5) is 72.4. The molecular formula is C46H41F5N4O15P2. The highest BCUT2D eigenvalue weighted by Crippen LogP contribution is 2.50. The first-order valence-electron chi connectivity index (χ1n) is 20.7. The van der Waals surface area contributed by atoms with Gasteiger partial charge in [-0.1, -0.05) is 24.3 Å². The number of methoxy groups -OCH3 is 1. The second kappa shape index (κ2) is 22.5. The van der Waals surface area contributed by atoms with E-state index < -0.39 is 74.8 Å². The van der Waals surface area contributed by atoms with Gasteiger partial charge < -0.3 is 37.6 Å². The van der Waals surface area contributed by atoms with Crippen LogP contribution in [0.15, 0.2) is 85.2 Å². The minimum absolute atomic E-state index is 0.0326. The number of phenols is 1. The number of halogens is 5. The van der Waals surface area contributed by atoms with Gasteiger partial charge in [0, 0.05) is 58.3 Å². The van der Waals surface area contributed by atoms with Crippen molar-refractivity contribution in [3.05, 3.63) is 130 Å². The molecule has 0 spiro atoms. The Morgan fingerprint density at radius 3 is 1.47 bits per heavy atom. The third-order valence-corrected chi connectivity index (χ3v) is 13.4. The molecule has 72 heavy (non-hydrogen) atoms. The average Bonchev–Trinajstić information content (AvgIpc) is 3.76. The molecule has 26 heteroatoms. The molecule has 4 aromatic carbocycles. The Morgan fingerprint density at radius 1 is 0.611 bits per heavy atom. The van der Waals surface area contributed by atoms with Crippen LogP contribution in [0.2, 0.25) is 0 Å². The van der Waals surface area contributed by atoms with Gasteiger partial charge in [0.1, 0.15) is 45.3 Å². The number of pyridine rings is 2. The van der Waals surface area contributed by atoms with E-state index in [1.807, 2.05) is 0 Å². The van der Waals surface area contributed by atoms with Gasteiger partial charge in [-0.05, 0) is 59.7 Å². The zero-order valence-corrected chi connectivity index (χ0v) is 40.2. The van der Waals surface area contributed by atoms with Crippen LogP contribution in [0.1, 0.15) is 52.6 Å². The smallest absolute Gasteiger partial charge is 0.446 e. The lowest BCUT2D eigenvalue weighted by molar-refractivity contribution is -0.156. The van der Waals surface area contributed by atoms with Gasteiger partial charge in [-0.2, -0.15) is 13.2 Å². The fourth-order valence-corrected chi connectivity index (χ4v) is 8.12. The third-order valence-electron chi connectivity index (χ3n) is 10.5. The number of nitrogens with zero attached hydrogens (tertiary/aromatic N) is 4. The van der Waals surface area contributed by atoms with Crippen LogP contribution in [-0.2, 0) is 45.3 Å². The summed E-state index contributed by atoms with van der Waals surface area (Å²) >= 11 is 0. The van der Waals surface area contributed by atoms with E-state index in [2.05, 4.69) is 9.97 Å². The standard InChI is InChI=1S/C23H22FN2O7P.C21H18FN2O7P.C2HF3O/c1-30-12-32-21-18-17(22(27)26(23(18)28)11-14-6-8-15(24)9-7-14)20(33-13-34(3,29)31-2)16-5-4-10-25-19(16)21;1-29-32(28,30-2)11-31-19-14-4-3-9-23-17(14)18(25)15-16(19)21(27)24(20(15)26)10-12-5-7-13(22)8-6-12;3-2(4,5)1-6/h4-10H,11-13H2,1-3H3;3-9,25H,10-11H2,1-2H3;1H. The first-order chi connectivity index (χ1) is 34.1. The average molecular weight is 1050 g/mol. The van der Waals surface area contributed by atoms with Crippen molar-refractivity contribution in [2.75, 3.05) is 54.6 Å². The van der Waals surface area contributed by atoms with E-state index in [4.69, 9.17) is 37.3 Å². The number of aromatic hydroxyl groups is 1. The van der Waals surface area contributed by atoms with Gasteiger partial charge in [-0.3, -0.25) is 52.9 Å². The van der Waals surface area contributed by atoms with Gasteiger partial charge in [0.05, 0.1) is 24.2 Å². The van der Waals surface area contributed by atoms with Crippen LogP contribution in [0, 0.1) is 11.6 Å². The lowest BCUT2D eigenvalue weighted by atomic mass is 10.0. The summed E-state index contributed by atoms with van der Waals surface area (Å²) in [7, 11) is -1.64. The van der Waals surface area contributed by atoms with Gasteiger partial charge in [0.2, 0.25) is 13.7 Å². The predicted molar refractivity (Wildman–Crippen MR) is 244 cm³/mol. The number of amides is 4. The van der Waals surface area contributed by atoms with E-state index in [9.17, 15) is 55.4 Å². The molecule has 0 saturated carbocycles. The van der Waals surface area contributed by atoms with Crippen molar-refractivity contribution >= 4 is 66.7 Å². The summed E-state index contributed by atoms with van der Waals surface area (Å²) in [5, 5.41) is 11.4. The Balaban J connectivity index is 0.000000212. The Bertz CT molecular complexity index is 3160. The van der Waals surface area contributed by atoms with E-state index in [0.717, 1.165) is 9.80 Å². The van der Waals surface area contributed by atoms with Gasteiger partial charge in [-0.15, -0.1) is 0 Å². The number of carbonyl (C=O) groups is 5. The zero-order chi connectivity index (χ0) is 52.7. The van der Waals surface area contributed by atoms with E-state index in [1.54, 1.807) is 24.3 Å². The Labute approximate surface area is 405 Å². The number of ether oxygens (including phenoxy) is 4. The van der Waals surface area contributed by atoms with Crippen molar-refractivity contribution in [1.82, 2.24) is 19.8 Å². The number of phenolic OH excluding ortho intramolecular Hbond substituents is 1. The first-order valence-corrected chi connectivity index (χ1v) is 24.6. The monoisotopic (exact) mass is 1050 g/mol. The molecule has 8 rings (SSSR count). The van der Waals surface area contributed by atoms with Crippen molar-refractivity contribution in [2.24, 2.45) is 0 Å². The Morgan fingerprint density at radius 2 is 1.03 bits per heavy atom. The minimum Gasteiger partial charge on any atom is -0.505 e. The molecular weight excluding hydrogens is 1010 g/mol. The number of rotatable bonds is 16. The largest absolute Gasteiger partial charge is 0.505 e. The number of aldehydes is 1. The quantitative estimate of drug-likeness (QED) is 0.0314. The van der Waals surface area contributed by atoms with Gasteiger partial charge >= 0.3 is 13.8 Å². The summed E-state index contributed by atoms with van der Waals surface area (Å²) in [6, 6.07) is 17.2. The highest BCUT2D eigenvalue weighted by Gasteiger charge is 2.45. The predicted octanol–water partition coefficient (Wildman–Crippen LogP) is 8.49. The van der Waals surface area contributed by atoms with Crippen LogP contribution in [0.5, 0.6) is 23.0 Å². The molecule has 0 fully saturated rings. The maximum absolute atomic E-state index is 13.5. The number of hydrogen-bond donors (Lipinski definition) is 1. The number of carbonyl (C=O) groups excluding carboxylic acids is 5. The highest BCUT2D eigenvalue weighted by atomic mass is 31.2. The molecule has 1 atom stereocenters. The molecule has 4 amide bonds. The second-order valence-electron chi connectivity index (χ2n) is 15.2. The normalized spacial score (nSPS) is 14.0. The molecule has 0 bridgehead atoms. The van der Waals surface area contributed by atoms with E-state index >= 15 is 0 Å². The van der Waals surface area contributed by atoms with Crippen LogP contribution < -0.4 is 14.2 Å². The molecule has 19 nitrogen and oxygen atoms in total. The number of hydrogen-bond acceptors (Lipinski definition) is 17. The number of imide groups is 2. The van der Waals surface area contributed by atoms with Crippen molar-refractivity contribution in [3.63, 3.8) is 0 Å². The van der Waals surface area contributed by atoms with Crippen LogP contribution in [-0.4, -0.2) is 116 Å². The molecule has 0 aliphatic carbocycles. The molecule has 380 valence electrons. The maximum Gasteiger partial charge on any atom is 0.446 e. The lowest BCUT2D eigenvalue weighted by Gasteiger charge is -2.18. The molecule has 2 aliphatic heterocycles. The maximum atomic E-state index is 13.5. The summed E-state index contributed by atoms with van der Waals surface area (Å²) in [5.41, 5.74) is 0.851. The highest BCUT2D eigenvalue weighted by molar-refractivity contribution is 7.57. The summed E-state index contributed by atoms with van der Waals surface area (Å²) in [6.45, 7) is 0.969. The third kappa shape index (κ3) is 11.8. The molecule has 1 unspecified atom stereocenters. The molecule has 2 aromatic heterocycles. The fraction of sp³-hybridized carbons (Fsp3) is 0.239. The van der Waals surface area contributed by atoms with Gasteiger partial charge in [0.15, 0.2) is 31.0 Å². The van der Waals surface area contributed by atoms with E-state index in [-0.39, 0.29) is 82.2 Å². The molecule has 2 aliphatic rings. The minimum atomic E-state index is -4.64. The number of benzene rings is 4. The van der Waals surface area contributed by atoms with Crippen molar-refractivity contribution in [2.45, 2.75) is 19.3 Å². The van der Waals surface area contributed by atoms with Crippen molar-refractivity contribution in [1.29, 1.82) is 0 Å². The Kier molecular flexibility index (Phi) is 16.9. The second-order valence-corrected chi connectivity index (χ2v) is 20.1. The van der Waals surface area contributed by atoms with E-state index in [1.165, 1.54) is 96.0 Å². The molecule has 0 saturated heterocycles. The topological polar surface area (TPSA) is 237 Å². The number of fused-ring (bicyclic) bond motifs is 4. The number of aromatic nitrogens is 2. The molecule has 0 radical (unpaired) electrons. The summed E-state index contributed by atoms with van der Waals surface area (Å²) < 4.78 is 120. The van der Waals surface area contributed by atoms with Gasteiger partial charge in [-0.25, -0.2) is 8.78 Å². The summed E-state index contributed by atoms with van der Waals surface area (Å²) in [5.74, 6) is -4.04. The van der Waals surface area contributed by atoms with Crippen LogP contribution in [0.4, 0.5) is 22.0 Å². The zero-order valence-electron chi connectivity index (χ0n) is 38.4. The van der Waals surface area contributed by atoms with E-state index in [0.29, 0.717) is 16.5 Å². The molecule has 6 aromatic rings. The van der Waals surface area contributed by atoms with Gasteiger partial charge in [0.25, 0.3) is 23.6 Å². The lowest BCUT2D eigenvalue weighted by Crippen LogP contribution is -2.29. The fourth-order valence-electron chi connectivity index (χ4n) is 7.00. The number of alkyl halides is 3. The first kappa shape index (κ1) is 54.1. The van der Waals surface area contributed by atoms with Crippen molar-refractivity contribution in [3.8, 4) is 23.0 Å².